The Bertz CT molecular complexity index is 1010. The largest absolute Gasteiger partial charge is 0.457 e. The number of rotatable bonds is 39. The molecule has 0 spiro atoms. The molecular formula is C48H86O9. The van der Waals surface area contributed by atoms with Crippen molar-refractivity contribution in [1.29, 1.82) is 0 Å². The van der Waals surface area contributed by atoms with E-state index in [4.69, 9.17) is 18.9 Å². The summed E-state index contributed by atoms with van der Waals surface area (Å²) in [4.78, 5) is 12.8. The third-order valence-electron chi connectivity index (χ3n) is 10.5. The monoisotopic (exact) mass is 807 g/mol. The van der Waals surface area contributed by atoms with Crippen molar-refractivity contribution in [3.05, 3.63) is 48.6 Å². The maximum Gasteiger partial charge on any atom is 0.306 e. The number of hydrogen-bond donors (Lipinski definition) is 4. The zero-order valence-electron chi connectivity index (χ0n) is 36.3. The van der Waals surface area contributed by atoms with Crippen LogP contribution in [-0.2, 0) is 23.7 Å². The zero-order chi connectivity index (χ0) is 41.4. The number of ether oxygens (including phenoxy) is 4. The minimum atomic E-state index is -1.54. The first-order chi connectivity index (χ1) is 27.9. The van der Waals surface area contributed by atoms with Crippen LogP contribution in [0.4, 0.5) is 0 Å². The first-order valence-corrected chi connectivity index (χ1v) is 23.2. The van der Waals surface area contributed by atoms with Crippen LogP contribution in [0.25, 0.3) is 0 Å². The molecule has 1 saturated heterocycles. The Morgan fingerprint density at radius 1 is 0.579 bits per heavy atom. The molecule has 1 aliphatic rings. The van der Waals surface area contributed by atoms with Gasteiger partial charge in [-0.2, -0.15) is 0 Å². The summed E-state index contributed by atoms with van der Waals surface area (Å²) >= 11 is 0. The van der Waals surface area contributed by atoms with Crippen molar-refractivity contribution >= 4 is 5.97 Å². The highest BCUT2D eigenvalue weighted by Crippen LogP contribution is 2.22. The van der Waals surface area contributed by atoms with E-state index in [1.165, 1.54) is 103 Å². The molecule has 0 aromatic rings. The van der Waals surface area contributed by atoms with Gasteiger partial charge in [0.15, 0.2) is 6.29 Å². The zero-order valence-corrected chi connectivity index (χ0v) is 36.3. The van der Waals surface area contributed by atoms with E-state index >= 15 is 0 Å². The fraction of sp³-hybridized carbons (Fsp3) is 0.812. The van der Waals surface area contributed by atoms with Crippen molar-refractivity contribution in [2.24, 2.45) is 0 Å². The molecule has 0 aromatic carbocycles. The summed E-state index contributed by atoms with van der Waals surface area (Å²) in [6.45, 7) is 4.42. The lowest BCUT2D eigenvalue weighted by Gasteiger charge is -2.39. The summed E-state index contributed by atoms with van der Waals surface area (Å²) in [6, 6.07) is 0. The first kappa shape index (κ1) is 53.2. The predicted molar refractivity (Wildman–Crippen MR) is 233 cm³/mol. The Morgan fingerprint density at radius 3 is 1.63 bits per heavy atom. The van der Waals surface area contributed by atoms with Gasteiger partial charge in [0.25, 0.3) is 0 Å². The van der Waals surface area contributed by atoms with Crippen LogP contribution in [0, 0.1) is 0 Å². The lowest BCUT2D eigenvalue weighted by molar-refractivity contribution is -0.305. The summed E-state index contributed by atoms with van der Waals surface area (Å²) in [5.74, 6) is -0.324. The van der Waals surface area contributed by atoms with Crippen LogP contribution in [0.15, 0.2) is 48.6 Å². The normalized spacial score (nSPS) is 20.8. The van der Waals surface area contributed by atoms with Gasteiger partial charge in [0.05, 0.1) is 19.8 Å². The molecule has 4 N–H and O–H groups in total. The number of hydrogen-bond acceptors (Lipinski definition) is 9. The second kappa shape index (κ2) is 39.6. The van der Waals surface area contributed by atoms with E-state index < -0.39 is 43.4 Å². The minimum Gasteiger partial charge on any atom is -0.457 e. The summed E-state index contributed by atoms with van der Waals surface area (Å²) in [5.41, 5.74) is 0. The summed E-state index contributed by atoms with van der Waals surface area (Å²) < 4.78 is 22.8. The molecule has 9 nitrogen and oxygen atoms in total. The Hall–Kier alpha value is -1.85. The number of esters is 1. The van der Waals surface area contributed by atoms with E-state index in [1.807, 2.05) is 0 Å². The lowest BCUT2D eigenvalue weighted by atomic mass is 9.99. The van der Waals surface area contributed by atoms with Gasteiger partial charge in [-0.15, -0.1) is 0 Å². The highest BCUT2D eigenvalue weighted by molar-refractivity contribution is 5.69. The average Bonchev–Trinajstić information content (AvgIpc) is 3.21. The molecule has 1 fully saturated rings. The summed E-state index contributed by atoms with van der Waals surface area (Å²) in [7, 11) is 0. The number of aliphatic hydroxyl groups excluding tert-OH is 4. The highest BCUT2D eigenvalue weighted by atomic mass is 16.7. The maximum absolute atomic E-state index is 12.8. The van der Waals surface area contributed by atoms with Crippen molar-refractivity contribution in [3.8, 4) is 0 Å². The van der Waals surface area contributed by atoms with Crippen LogP contribution < -0.4 is 0 Å². The smallest absolute Gasteiger partial charge is 0.306 e. The van der Waals surface area contributed by atoms with Gasteiger partial charge in [-0.1, -0.05) is 159 Å². The van der Waals surface area contributed by atoms with Gasteiger partial charge in [0, 0.05) is 13.0 Å². The highest BCUT2D eigenvalue weighted by Gasteiger charge is 2.44. The van der Waals surface area contributed by atoms with E-state index in [0.717, 1.165) is 64.2 Å². The molecule has 0 radical (unpaired) electrons. The van der Waals surface area contributed by atoms with Gasteiger partial charge in [0.1, 0.15) is 30.5 Å². The predicted octanol–water partition coefficient (Wildman–Crippen LogP) is 10.5. The summed E-state index contributed by atoms with van der Waals surface area (Å²) in [6.07, 6.45) is 41.3. The molecule has 6 atom stereocenters. The lowest BCUT2D eigenvalue weighted by Crippen LogP contribution is -2.59. The van der Waals surface area contributed by atoms with Crippen LogP contribution in [0.5, 0.6) is 0 Å². The van der Waals surface area contributed by atoms with Crippen molar-refractivity contribution in [1.82, 2.24) is 0 Å². The van der Waals surface area contributed by atoms with Gasteiger partial charge in [-0.3, -0.25) is 4.79 Å². The van der Waals surface area contributed by atoms with Crippen LogP contribution in [-0.4, -0.2) is 89.6 Å². The average molecular weight is 807 g/mol. The van der Waals surface area contributed by atoms with Crippen molar-refractivity contribution in [2.45, 2.75) is 224 Å². The summed E-state index contributed by atoms with van der Waals surface area (Å²) in [5, 5.41) is 40.1. The minimum absolute atomic E-state index is 0.121. The molecule has 0 saturated carbocycles. The van der Waals surface area contributed by atoms with Crippen molar-refractivity contribution < 1.29 is 44.2 Å². The second-order valence-electron chi connectivity index (χ2n) is 15.8. The molecule has 9 heteroatoms. The standard InChI is InChI=1S/C48H86O9/c1-3-5-7-9-11-13-15-17-19-21-22-23-25-27-29-31-33-35-37-44(50)56-42(41-55-48-47(53)46(52)45(51)43(39-49)57-48)40-54-38-36-34-32-30-28-26-24-20-18-16-14-12-10-8-6-4-2/h6,8,12,14,18-21,42-43,45-49,51-53H,3-5,7,9-11,13,15-17,22-41H2,1-2H3/b8-6-,14-12-,20-18-,21-19-. The third-order valence-corrected chi connectivity index (χ3v) is 10.5. The maximum atomic E-state index is 12.8. The molecule has 332 valence electrons. The third kappa shape index (κ3) is 30.8. The van der Waals surface area contributed by atoms with Gasteiger partial charge in [-0.25, -0.2) is 0 Å². The van der Waals surface area contributed by atoms with Crippen LogP contribution >= 0.6 is 0 Å². The molecule has 0 amide bonds. The molecule has 1 rings (SSSR count). The van der Waals surface area contributed by atoms with Gasteiger partial charge in [0.2, 0.25) is 0 Å². The number of carbonyl (C=O) groups is 1. The van der Waals surface area contributed by atoms with Crippen LogP contribution in [0.2, 0.25) is 0 Å². The Morgan fingerprint density at radius 2 is 1.07 bits per heavy atom. The second-order valence-corrected chi connectivity index (χ2v) is 15.8. The fourth-order valence-corrected chi connectivity index (χ4v) is 6.85. The quantitative estimate of drug-likeness (QED) is 0.0272. The van der Waals surface area contributed by atoms with E-state index in [9.17, 15) is 25.2 Å². The molecule has 0 aliphatic carbocycles. The Balaban J connectivity index is 2.26. The number of aliphatic hydroxyl groups is 4. The van der Waals surface area contributed by atoms with E-state index in [1.54, 1.807) is 0 Å². The molecular weight excluding hydrogens is 721 g/mol. The van der Waals surface area contributed by atoms with E-state index in [2.05, 4.69) is 62.5 Å². The Labute approximate surface area is 348 Å². The van der Waals surface area contributed by atoms with Crippen LogP contribution in [0.3, 0.4) is 0 Å². The van der Waals surface area contributed by atoms with Gasteiger partial charge in [-0.05, 0) is 70.6 Å². The molecule has 0 aromatic heterocycles. The van der Waals surface area contributed by atoms with Gasteiger partial charge < -0.3 is 39.4 Å². The van der Waals surface area contributed by atoms with E-state index in [0.29, 0.717) is 13.0 Å². The SMILES string of the molecule is CC/C=C\C/C=C\C/C=C\CCCCCCCCOCC(COC1OC(CO)C(O)C(O)C1O)OC(=O)CCCCCCCCC/C=C\CCCCCCCCC. The molecule has 1 heterocycles. The van der Waals surface area contributed by atoms with Gasteiger partial charge >= 0.3 is 5.97 Å². The topological polar surface area (TPSA) is 135 Å². The van der Waals surface area contributed by atoms with Crippen molar-refractivity contribution in [2.75, 3.05) is 26.4 Å². The van der Waals surface area contributed by atoms with Crippen molar-refractivity contribution in [3.63, 3.8) is 0 Å². The molecule has 57 heavy (non-hydrogen) atoms. The number of unbranched alkanes of at least 4 members (excludes halogenated alkanes) is 20. The molecule has 1 aliphatic heterocycles. The van der Waals surface area contributed by atoms with Crippen LogP contribution in [0.1, 0.15) is 187 Å². The Kier molecular flexibility index (Phi) is 36.9. The number of carbonyl (C=O) groups excluding carboxylic acids is 1. The molecule has 6 unspecified atom stereocenters. The van der Waals surface area contributed by atoms with E-state index in [-0.39, 0.29) is 19.2 Å². The fourth-order valence-electron chi connectivity index (χ4n) is 6.85. The first-order valence-electron chi connectivity index (χ1n) is 23.2. The number of allylic oxidation sites excluding steroid dienone is 8. The molecule has 0 bridgehead atoms.